The lowest BCUT2D eigenvalue weighted by molar-refractivity contribution is -0.140. The largest absolute Gasteiger partial charge is 0.505 e. The predicted octanol–water partition coefficient (Wildman–Crippen LogP) is 0.891. The van der Waals surface area contributed by atoms with Gasteiger partial charge in [0.1, 0.15) is 6.61 Å². The highest BCUT2D eigenvalue weighted by molar-refractivity contribution is 6.11. The Kier molecular flexibility index (Phi) is 6.37. The SMILES string of the molecule is CCNC(=O)C(COC(=O)O)(C(=O)NCC)c1ccccc1. The van der Waals surface area contributed by atoms with Crippen LogP contribution in [0.1, 0.15) is 19.4 Å². The second-order valence-electron chi connectivity index (χ2n) is 4.54. The lowest BCUT2D eigenvalue weighted by atomic mass is 9.79. The lowest BCUT2D eigenvalue weighted by Gasteiger charge is -2.30. The van der Waals surface area contributed by atoms with Gasteiger partial charge in [-0.1, -0.05) is 30.3 Å². The zero-order valence-electron chi connectivity index (χ0n) is 12.6. The van der Waals surface area contributed by atoms with E-state index in [0.717, 1.165) is 0 Å². The average molecular weight is 308 g/mol. The van der Waals surface area contributed by atoms with Crippen molar-refractivity contribution in [2.24, 2.45) is 0 Å². The molecule has 1 aromatic rings. The van der Waals surface area contributed by atoms with Crippen molar-refractivity contribution in [2.75, 3.05) is 19.7 Å². The van der Waals surface area contributed by atoms with Crippen LogP contribution >= 0.6 is 0 Å². The highest BCUT2D eigenvalue weighted by Gasteiger charge is 2.48. The molecular formula is C15H20N2O5. The van der Waals surface area contributed by atoms with Crippen molar-refractivity contribution in [3.05, 3.63) is 35.9 Å². The Morgan fingerprint density at radius 2 is 1.55 bits per heavy atom. The summed E-state index contributed by atoms with van der Waals surface area (Å²) in [5, 5.41) is 13.9. The number of hydrogen-bond acceptors (Lipinski definition) is 4. The van der Waals surface area contributed by atoms with Crippen molar-refractivity contribution in [3.63, 3.8) is 0 Å². The van der Waals surface area contributed by atoms with Crippen molar-refractivity contribution in [1.82, 2.24) is 10.6 Å². The highest BCUT2D eigenvalue weighted by atomic mass is 16.7. The number of amides is 2. The molecule has 0 heterocycles. The Bertz CT molecular complexity index is 512. The van der Waals surface area contributed by atoms with Crippen molar-refractivity contribution in [1.29, 1.82) is 0 Å². The molecule has 120 valence electrons. The van der Waals surface area contributed by atoms with Gasteiger partial charge in [-0.25, -0.2) is 4.79 Å². The number of nitrogens with one attached hydrogen (secondary N) is 2. The molecule has 0 fully saturated rings. The van der Waals surface area contributed by atoms with Gasteiger partial charge in [0, 0.05) is 13.1 Å². The molecule has 0 aliphatic heterocycles. The minimum atomic E-state index is -1.76. The third-order valence-corrected chi connectivity index (χ3v) is 3.13. The van der Waals surface area contributed by atoms with Gasteiger partial charge in [-0.15, -0.1) is 0 Å². The first-order valence-corrected chi connectivity index (χ1v) is 6.96. The van der Waals surface area contributed by atoms with Crippen LogP contribution < -0.4 is 10.6 Å². The van der Waals surface area contributed by atoms with Crippen molar-refractivity contribution in [2.45, 2.75) is 19.3 Å². The van der Waals surface area contributed by atoms with Crippen LogP contribution in [0.3, 0.4) is 0 Å². The number of benzene rings is 1. The van der Waals surface area contributed by atoms with Crippen LogP contribution in [0.25, 0.3) is 0 Å². The molecule has 22 heavy (non-hydrogen) atoms. The van der Waals surface area contributed by atoms with Gasteiger partial charge in [-0.3, -0.25) is 9.59 Å². The third-order valence-electron chi connectivity index (χ3n) is 3.13. The molecule has 1 aromatic carbocycles. The molecule has 0 unspecified atom stereocenters. The Balaban J connectivity index is 3.37. The smallest absolute Gasteiger partial charge is 0.450 e. The molecule has 3 N–H and O–H groups in total. The minimum Gasteiger partial charge on any atom is -0.450 e. The molecule has 0 aliphatic carbocycles. The van der Waals surface area contributed by atoms with E-state index in [-0.39, 0.29) is 0 Å². The van der Waals surface area contributed by atoms with Crippen molar-refractivity contribution < 1.29 is 24.2 Å². The topological polar surface area (TPSA) is 105 Å². The monoisotopic (exact) mass is 308 g/mol. The fraction of sp³-hybridized carbons (Fsp3) is 0.400. The lowest BCUT2D eigenvalue weighted by Crippen LogP contribution is -2.57. The molecule has 2 amide bonds. The Hall–Kier alpha value is -2.57. The average Bonchev–Trinajstić information content (AvgIpc) is 2.49. The quantitative estimate of drug-likeness (QED) is 0.512. The predicted molar refractivity (Wildman–Crippen MR) is 79.5 cm³/mol. The summed E-state index contributed by atoms with van der Waals surface area (Å²) >= 11 is 0. The van der Waals surface area contributed by atoms with Gasteiger partial charge in [0.15, 0.2) is 5.41 Å². The summed E-state index contributed by atoms with van der Waals surface area (Å²) in [6.07, 6.45) is -1.55. The number of hydrogen-bond donors (Lipinski definition) is 3. The van der Waals surface area contributed by atoms with E-state index < -0.39 is 30.0 Å². The van der Waals surface area contributed by atoms with Gasteiger partial charge in [0.05, 0.1) is 0 Å². The molecule has 0 saturated carbocycles. The third kappa shape index (κ3) is 3.75. The van der Waals surface area contributed by atoms with Crippen molar-refractivity contribution in [3.8, 4) is 0 Å². The minimum absolute atomic E-state index is 0.305. The first-order chi connectivity index (χ1) is 10.5. The van der Waals surface area contributed by atoms with Crippen LogP contribution in [0, 0.1) is 0 Å². The van der Waals surface area contributed by atoms with E-state index in [9.17, 15) is 14.4 Å². The summed E-state index contributed by atoms with van der Waals surface area (Å²) in [6, 6.07) is 8.26. The number of likely N-dealkylation sites (N-methyl/N-ethyl adjacent to an activating group) is 2. The van der Waals surface area contributed by atoms with Gasteiger partial charge >= 0.3 is 6.16 Å². The van der Waals surface area contributed by atoms with E-state index in [0.29, 0.717) is 18.7 Å². The number of ether oxygens (including phenoxy) is 1. The highest BCUT2D eigenvalue weighted by Crippen LogP contribution is 2.26. The summed E-state index contributed by atoms with van der Waals surface area (Å²) < 4.78 is 4.59. The molecule has 0 radical (unpaired) electrons. The van der Waals surface area contributed by atoms with Crippen LogP contribution in [-0.2, 0) is 19.7 Å². The van der Waals surface area contributed by atoms with E-state index in [4.69, 9.17) is 5.11 Å². The van der Waals surface area contributed by atoms with E-state index >= 15 is 0 Å². The van der Waals surface area contributed by atoms with E-state index in [1.807, 2.05) is 0 Å². The van der Waals surface area contributed by atoms with Crippen LogP contribution in [0.15, 0.2) is 30.3 Å². The van der Waals surface area contributed by atoms with E-state index in [1.165, 1.54) is 0 Å². The summed E-state index contributed by atoms with van der Waals surface area (Å²) in [5.74, 6) is -1.21. The first kappa shape index (κ1) is 17.5. The molecule has 0 spiro atoms. The molecule has 7 nitrogen and oxygen atoms in total. The summed E-state index contributed by atoms with van der Waals surface area (Å²) in [7, 11) is 0. The van der Waals surface area contributed by atoms with Crippen LogP contribution in [0.2, 0.25) is 0 Å². The van der Waals surface area contributed by atoms with E-state index in [2.05, 4.69) is 15.4 Å². The first-order valence-electron chi connectivity index (χ1n) is 6.96. The number of carbonyl (C=O) groups is 3. The van der Waals surface area contributed by atoms with Gasteiger partial charge in [0.2, 0.25) is 11.8 Å². The summed E-state index contributed by atoms with van der Waals surface area (Å²) in [6.45, 7) is 3.44. The molecule has 7 heteroatoms. The fourth-order valence-corrected chi connectivity index (χ4v) is 2.10. The summed E-state index contributed by atoms with van der Waals surface area (Å²) in [4.78, 5) is 35.9. The number of carbonyl (C=O) groups excluding carboxylic acids is 2. The maximum atomic E-state index is 12.5. The maximum Gasteiger partial charge on any atom is 0.505 e. The number of carboxylic acid groups (broad SMARTS) is 1. The van der Waals surface area contributed by atoms with Crippen LogP contribution in [-0.4, -0.2) is 42.8 Å². The van der Waals surface area contributed by atoms with Crippen LogP contribution in [0.5, 0.6) is 0 Å². The fourth-order valence-electron chi connectivity index (χ4n) is 2.10. The van der Waals surface area contributed by atoms with Gasteiger partial charge in [0.25, 0.3) is 0 Å². The molecule has 0 saturated heterocycles. The molecule has 0 bridgehead atoms. The summed E-state index contributed by atoms with van der Waals surface area (Å²) in [5.41, 5.74) is -1.39. The Labute approximate surface area is 128 Å². The second-order valence-corrected chi connectivity index (χ2v) is 4.54. The molecule has 0 atom stereocenters. The zero-order chi connectivity index (χ0) is 16.6. The van der Waals surface area contributed by atoms with Gasteiger partial charge in [-0.2, -0.15) is 0 Å². The molecule has 0 aliphatic rings. The Morgan fingerprint density at radius 3 is 1.95 bits per heavy atom. The van der Waals surface area contributed by atoms with Gasteiger partial charge < -0.3 is 20.5 Å². The standard InChI is InChI=1S/C15H20N2O5/c1-3-16-12(18)15(10-22-14(20)21,13(19)17-4-2)11-8-6-5-7-9-11/h5-9H,3-4,10H2,1-2H3,(H,16,18)(H,17,19)(H,20,21). The molecule has 1 rings (SSSR count). The van der Waals surface area contributed by atoms with E-state index in [1.54, 1.807) is 44.2 Å². The normalized spacial score (nSPS) is 10.6. The van der Waals surface area contributed by atoms with Gasteiger partial charge in [-0.05, 0) is 19.4 Å². The van der Waals surface area contributed by atoms with Crippen LogP contribution in [0.4, 0.5) is 4.79 Å². The maximum absolute atomic E-state index is 12.5. The molecular weight excluding hydrogens is 288 g/mol. The second kappa shape index (κ2) is 8.02. The van der Waals surface area contributed by atoms with Crippen molar-refractivity contribution >= 4 is 18.0 Å². The number of rotatable bonds is 7. The Morgan fingerprint density at radius 1 is 1.05 bits per heavy atom. The zero-order valence-corrected chi connectivity index (χ0v) is 12.6. The molecule has 0 aromatic heterocycles.